The van der Waals surface area contributed by atoms with Gasteiger partial charge in [-0.15, -0.1) is 0 Å². The van der Waals surface area contributed by atoms with Crippen LogP contribution in [0.25, 0.3) is 0 Å². The fourth-order valence-corrected chi connectivity index (χ4v) is 2.83. The van der Waals surface area contributed by atoms with Gasteiger partial charge in [0.15, 0.2) is 0 Å². The first-order chi connectivity index (χ1) is 11.4. The molecule has 2 rings (SSSR count). The van der Waals surface area contributed by atoms with E-state index in [4.69, 9.17) is 23.5 Å². The first-order valence-electron chi connectivity index (χ1n) is 8.12. The van der Waals surface area contributed by atoms with Gasteiger partial charge >= 0.3 is 13.3 Å². The number of carbonyl (C=O) groups is 1. The monoisotopic (exact) mass is 336 g/mol. The molecular formula is C17H25BO6. The first kappa shape index (κ1) is 18.8. The molecule has 0 aliphatic carbocycles. The molecule has 0 spiro atoms. The summed E-state index contributed by atoms with van der Waals surface area (Å²) >= 11 is 0. The zero-order valence-electron chi connectivity index (χ0n) is 14.9. The molecule has 6 nitrogen and oxygen atoms in total. The van der Waals surface area contributed by atoms with E-state index in [1.807, 2.05) is 38.1 Å². The lowest BCUT2D eigenvalue weighted by Gasteiger charge is -2.18. The van der Waals surface area contributed by atoms with Crippen LogP contribution >= 0.6 is 0 Å². The van der Waals surface area contributed by atoms with Crippen molar-refractivity contribution in [2.24, 2.45) is 0 Å². The number of ether oxygens (including phenoxy) is 3. The molecule has 1 heterocycles. The van der Waals surface area contributed by atoms with Gasteiger partial charge in [-0.2, -0.15) is 0 Å². The molecule has 0 saturated carbocycles. The minimum atomic E-state index is -0.673. The summed E-state index contributed by atoms with van der Waals surface area (Å²) in [6, 6.07) is 7.52. The number of rotatable bonds is 6. The van der Waals surface area contributed by atoms with Crippen molar-refractivity contribution in [3.8, 4) is 0 Å². The van der Waals surface area contributed by atoms with Crippen LogP contribution in [0, 0.1) is 0 Å². The van der Waals surface area contributed by atoms with E-state index in [9.17, 15) is 4.79 Å². The van der Waals surface area contributed by atoms with Gasteiger partial charge in [0.2, 0.25) is 0 Å². The zero-order valence-corrected chi connectivity index (χ0v) is 14.9. The van der Waals surface area contributed by atoms with Crippen molar-refractivity contribution in [1.82, 2.24) is 0 Å². The van der Waals surface area contributed by atoms with Crippen LogP contribution in [0.1, 0.15) is 38.9 Å². The molecule has 1 aromatic rings. The second kappa shape index (κ2) is 8.51. The Morgan fingerprint density at radius 3 is 2.33 bits per heavy atom. The van der Waals surface area contributed by atoms with Crippen molar-refractivity contribution >= 4 is 18.7 Å². The van der Waals surface area contributed by atoms with Crippen molar-refractivity contribution < 1.29 is 28.3 Å². The normalized spacial score (nSPS) is 24.5. The summed E-state index contributed by atoms with van der Waals surface area (Å²) in [6.45, 7) is 5.66. The van der Waals surface area contributed by atoms with Gasteiger partial charge < -0.3 is 23.5 Å². The zero-order chi connectivity index (χ0) is 17.7. The lowest BCUT2D eigenvalue weighted by Crippen LogP contribution is -2.34. The maximum atomic E-state index is 12.0. The molecule has 0 bridgehead atoms. The van der Waals surface area contributed by atoms with Crippen LogP contribution in [0.2, 0.25) is 0 Å². The number of hydrogen-bond donors (Lipinski definition) is 0. The number of hydrogen-bond acceptors (Lipinski definition) is 6. The summed E-state index contributed by atoms with van der Waals surface area (Å²) in [5, 5.41) is 0. The van der Waals surface area contributed by atoms with Gasteiger partial charge in [0.1, 0.15) is 12.2 Å². The lowest BCUT2D eigenvalue weighted by molar-refractivity contribution is -0.0238. The maximum absolute atomic E-state index is 12.0. The van der Waals surface area contributed by atoms with E-state index in [0.717, 1.165) is 11.0 Å². The maximum Gasteiger partial charge on any atom is 0.509 e. The molecule has 7 heteroatoms. The second-order valence-electron chi connectivity index (χ2n) is 6.02. The van der Waals surface area contributed by atoms with E-state index in [2.05, 4.69) is 0 Å². The van der Waals surface area contributed by atoms with Crippen molar-refractivity contribution in [1.29, 1.82) is 0 Å². The Hall–Kier alpha value is -1.57. The molecule has 0 aromatic heterocycles. The van der Waals surface area contributed by atoms with Crippen LogP contribution < -0.4 is 5.46 Å². The van der Waals surface area contributed by atoms with Gasteiger partial charge in [0.25, 0.3) is 0 Å². The van der Waals surface area contributed by atoms with E-state index >= 15 is 0 Å². The summed E-state index contributed by atoms with van der Waals surface area (Å²) in [7, 11) is 2.75. The second-order valence-corrected chi connectivity index (χ2v) is 6.02. The fraction of sp³-hybridized carbons (Fsp3) is 0.588. The summed E-state index contributed by atoms with van der Waals surface area (Å²) in [6.07, 6.45) is -0.669. The highest BCUT2D eigenvalue weighted by atomic mass is 16.7. The Kier molecular flexibility index (Phi) is 6.65. The average molecular weight is 336 g/mol. The van der Waals surface area contributed by atoms with E-state index < -0.39 is 19.4 Å². The van der Waals surface area contributed by atoms with Gasteiger partial charge in [-0.25, -0.2) is 4.79 Å². The Bertz CT molecular complexity index is 530. The topological polar surface area (TPSA) is 63.2 Å². The molecule has 1 fully saturated rings. The molecule has 1 aliphatic rings. The predicted octanol–water partition coefficient (Wildman–Crippen LogP) is 2.45. The minimum Gasteiger partial charge on any atom is -0.428 e. The fourth-order valence-electron chi connectivity index (χ4n) is 2.83. The molecular weight excluding hydrogens is 311 g/mol. The van der Waals surface area contributed by atoms with Crippen LogP contribution in [-0.4, -0.2) is 45.8 Å². The van der Waals surface area contributed by atoms with Crippen molar-refractivity contribution in [2.45, 2.75) is 51.6 Å². The number of benzene rings is 1. The van der Waals surface area contributed by atoms with Crippen molar-refractivity contribution in [3.63, 3.8) is 0 Å². The predicted molar refractivity (Wildman–Crippen MR) is 90.2 cm³/mol. The van der Waals surface area contributed by atoms with Crippen molar-refractivity contribution in [3.05, 3.63) is 29.8 Å². The molecule has 0 amide bonds. The van der Waals surface area contributed by atoms with Crippen LogP contribution in [0.15, 0.2) is 24.3 Å². The molecule has 1 aliphatic heterocycles. The SMILES string of the molecule is COB(OC)c1ccc(C(C)OC(=O)O[C@@H]2C[C@H](C)O[C@@H]2C)cc1. The van der Waals surface area contributed by atoms with E-state index in [1.165, 1.54) is 0 Å². The van der Waals surface area contributed by atoms with Crippen LogP contribution in [-0.2, 0) is 23.5 Å². The molecule has 132 valence electrons. The molecule has 24 heavy (non-hydrogen) atoms. The van der Waals surface area contributed by atoms with Gasteiger partial charge in [-0.05, 0) is 31.8 Å². The van der Waals surface area contributed by atoms with Gasteiger partial charge in [0.05, 0.1) is 12.2 Å². The highest BCUT2D eigenvalue weighted by Crippen LogP contribution is 2.24. The van der Waals surface area contributed by atoms with Gasteiger partial charge in [-0.1, -0.05) is 24.3 Å². The highest BCUT2D eigenvalue weighted by molar-refractivity contribution is 6.61. The molecule has 0 N–H and O–H groups in total. The van der Waals surface area contributed by atoms with Crippen LogP contribution in [0.3, 0.4) is 0 Å². The molecule has 1 saturated heterocycles. The molecule has 1 aromatic carbocycles. The first-order valence-corrected chi connectivity index (χ1v) is 8.12. The Labute approximate surface area is 143 Å². The largest absolute Gasteiger partial charge is 0.509 e. The third-order valence-corrected chi connectivity index (χ3v) is 4.16. The van der Waals surface area contributed by atoms with E-state index in [-0.39, 0.29) is 18.3 Å². The van der Waals surface area contributed by atoms with Gasteiger partial charge in [-0.3, -0.25) is 0 Å². The molecule has 0 radical (unpaired) electrons. The highest BCUT2D eigenvalue weighted by Gasteiger charge is 2.33. The van der Waals surface area contributed by atoms with Crippen LogP contribution in [0.4, 0.5) is 4.79 Å². The molecule has 4 atom stereocenters. The lowest BCUT2D eigenvalue weighted by atomic mass is 9.78. The third-order valence-electron chi connectivity index (χ3n) is 4.16. The minimum absolute atomic E-state index is 0.0947. The summed E-state index contributed by atoms with van der Waals surface area (Å²) in [4.78, 5) is 12.0. The Morgan fingerprint density at radius 1 is 1.21 bits per heavy atom. The summed E-state index contributed by atoms with van der Waals surface area (Å²) in [5.74, 6) is 0. The molecule has 1 unspecified atom stereocenters. The van der Waals surface area contributed by atoms with E-state index in [0.29, 0.717) is 6.42 Å². The Balaban J connectivity index is 1.89. The van der Waals surface area contributed by atoms with Crippen molar-refractivity contribution in [2.75, 3.05) is 14.2 Å². The van der Waals surface area contributed by atoms with Gasteiger partial charge in [0, 0.05) is 20.6 Å². The van der Waals surface area contributed by atoms with E-state index in [1.54, 1.807) is 21.1 Å². The summed E-state index contributed by atoms with van der Waals surface area (Å²) < 4.78 is 26.7. The van der Waals surface area contributed by atoms with Crippen LogP contribution in [0.5, 0.6) is 0 Å². The summed E-state index contributed by atoms with van der Waals surface area (Å²) in [5.41, 5.74) is 1.76. The average Bonchev–Trinajstić information content (AvgIpc) is 2.86. The number of carbonyl (C=O) groups excluding carboxylic acids is 1. The quantitative estimate of drug-likeness (QED) is 0.587. The standard InChI is InChI=1S/C17H25BO6/c1-11-10-16(13(3)22-11)24-17(19)23-12(2)14-6-8-15(9-7-14)18(20-4)21-5/h6-9,11-13,16H,10H2,1-5H3/t11-,12?,13+,16+/m0/s1. The Morgan fingerprint density at radius 2 is 1.83 bits per heavy atom. The third kappa shape index (κ3) is 4.72. The smallest absolute Gasteiger partial charge is 0.428 e.